The Labute approximate surface area is 59.6 Å². The summed E-state index contributed by atoms with van der Waals surface area (Å²) in [7, 11) is 1.37. The summed E-state index contributed by atoms with van der Waals surface area (Å²) in [6, 6.07) is 0. The molecule has 0 saturated carbocycles. The fourth-order valence-corrected chi connectivity index (χ4v) is 0.823. The van der Waals surface area contributed by atoms with E-state index in [2.05, 4.69) is 4.74 Å². The molecule has 1 heterocycles. The highest BCUT2D eigenvalue weighted by Crippen LogP contribution is 2.06. The van der Waals surface area contributed by atoms with Crippen LogP contribution in [0.25, 0.3) is 0 Å². The maximum absolute atomic E-state index is 10.8. The molecule has 0 aromatic rings. The van der Waals surface area contributed by atoms with Crippen molar-refractivity contribution in [3.63, 3.8) is 0 Å². The Morgan fingerprint density at radius 1 is 1.70 bits per heavy atom. The van der Waals surface area contributed by atoms with Crippen LogP contribution in [-0.4, -0.2) is 25.8 Å². The molecule has 0 aromatic carbocycles. The van der Waals surface area contributed by atoms with E-state index in [9.17, 15) is 4.79 Å². The summed E-state index contributed by atoms with van der Waals surface area (Å²) in [6.45, 7) is 0.514. The Hall–Kier alpha value is -0.830. The minimum atomic E-state index is -0.380. The van der Waals surface area contributed by atoms with Gasteiger partial charge in [0.25, 0.3) is 0 Å². The Morgan fingerprint density at radius 2 is 2.50 bits per heavy atom. The molecule has 0 radical (unpaired) electrons. The van der Waals surface area contributed by atoms with E-state index in [1.54, 1.807) is 0 Å². The molecule has 0 aliphatic carbocycles. The van der Waals surface area contributed by atoms with Gasteiger partial charge in [0.05, 0.1) is 13.7 Å². The molecule has 1 unspecified atom stereocenters. The lowest BCUT2D eigenvalue weighted by Gasteiger charge is -2.15. The van der Waals surface area contributed by atoms with Crippen molar-refractivity contribution in [2.75, 3.05) is 13.7 Å². The van der Waals surface area contributed by atoms with Gasteiger partial charge in [0, 0.05) is 6.42 Å². The minimum absolute atomic E-state index is 0.288. The third-order valence-electron chi connectivity index (χ3n) is 1.37. The maximum Gasteiger partial charge on any atom is 0.335 e. The molecule has 0 saturated heterocycles. The summed E-state index contributed by atoms with van der Waals surface area (Å²) in [5.74, 6) is -0.288. The van der Waals surface area contributed by atoms with Crippen LogP contribution in [0.2, 0.25) is 0 Å². The van der Waals surface area contributed by atoms with Crippen molar-refractivity contribution in [3.05, 3.63) is 12.2 Å². The molecule has 1 aliphatic heterocycles. The molecule has 0 N–H and O–H groups in total. The summed E-state index contributed by atoms with van der Waals surface area (Å²) in [4.78, 5) is 10.8. The second-order valence-corrected chi connectivity index (χ2v) is 2.05. The number of rotatable bonds is 1. The molecular weight excluding hydrogens is 132 g/mol. The van der Waals surface area contributed by atoms with Crippen LogP contribution >= 0.6 is 0 Å². The molecule has 3 heteroatoms. The van der Waals surface area contributed by atoms with Gasteiger partial charge in [0.15, 0.2) is 6.10 Å². The lowest BCUT2D eigenvalue weighted by atomic mass is 10.2. The highest BCUT2D eigenvalue weighted by Gasteiger charge is 2.19. The second kappa shape index (κ2) is 3.37. The predicted octanol–water partition coefficient (Wildman–Crippen LogP) is 0.504. The van der Waals surface area contributed by atoms with Gasteiger partial charge in [-0.3, -0.25) is 0 Å². The van der Waals surface area contributed by atoms with Crippen LogP contribution < -0.4 is 0 Å². The summed E-state index contributed by atoms with van der Waals surface area (Å²) in [5.41, 5.74) is 0. The second-order valence-electron chi connectivity index (χ2n) is 2.05. The Bertz CT molecular complexity index is 151. The summed E-state index contributed by atoms with van der Waals surface area (Å²) >= 11 is 0. The zero-order chi connectivity index (χ0) is 7.40. The van der Waals surface area contributed by atoms with E-state index in [4.69, 9.17) is 4.74 Å². The van der Waals surface area contributed by atoms with Crippen molar-refractivity contribution in [1.29, 1.82) is 0 Å². The molecule has 0 spiro atoms. The van der Waals surface area contributed by atoms with Gasteiger partial charge in [0.1, 0.15) is 0 Å². The molecule has 0 bridgehead atoms. The molecule has 3 nitrogen and oxygen atoms in total. The number of hydrogen-bond donors (Lipinski definition) is 0. The number of hydrogen-bond acceptors (Lipinski definition) is 3. The molecule has 1 aliphatic rings. The first-order valence-corrected chi connectivity index (χ1v) is 3.19. The average molecular weight is 142 g/mol. The van der Waals surface area contributed by atoms with Crippen LogP contribution in [0.5, 0.6) is 0 Å². The van der Waals surface area contributed by atoms with Gasteiger partial charge in [-0.1, -0.05) is 12.2 Å². The summed E-state index contributed by atoms with van der Waals surface area (Å²) in [6.07, 6.45) is 4.06. The van der Waals surface area contributed by atoms with Gasteiger partial charge in [-0.2, -0.15) is 0 Å². The first kappa shape index (κ1) is 7.28. The molecule has 0 fully saturated rings. The Balaban J connectivity index is 2.41. The van der Waals surface area contributed by atoms with Crippen molar-refractivity contribution in [2.45, 2.75) is 12.5 Å². The zero-order valence-electron chi connectivity index (χ0n) is 5.87. The topological polar surface area (TPSA) is 35.5 Å². The van der Waals surface area contributed by atoms with Crippen molar-refractivity contribution >= 4 is 5.97 Å². The van der Waals surface area contributed by atoms with Crippen molar-refractivity contribution in [2.24, 2.45) is 0 Å². The smallest absolute Gasteiger partial charge is 0.335 e. The number of esters is 1. The SMILES string of the molecule is COC(=O)C1CC=CCO1. The van der Waals surface area contributed by atoms with E-state index in [0.29, 0.717) is 13.0 Å². The lowest BCUT2D eigenvalue weighted by molar-refractivity contribution is -0.153. The normalized spacial score (nSPS) is 24.3. The number of carbonyl (C=O) groups is 1. The number of methoxy groups -OCH3 is 1. The molecule has 56 valence electrons. The number of ether oxygens (including phenoxy) is 2. The Kier molecular flexibility index (Phi) is 2.45. The van der Waals surface area contributed by atoms with Crippen LogP contribution in [0.1, 0.15) is 6.42 Å². The third-order valence-corrected chi connectivity index (χ3v) is 1.37. The summed E-state index contributed by atoms with van der Waals surface area (Å²) < 4.78 is 9.56. The predicted molar refractivity (Wildman–Crippen MR) is 35.5 cm³/mol. The monoisotopic (exact) mass is 142 g/mol. The molecule has 10 heavy (non-hydrogen) atoms. The Morgan fingerprint density at radius 3 is 3.00 bits per heavy atom. The molecule has 0 amide bonds. The van der Waals surface area contributed by atoms with Crippen LogP contribution in [0.4, 0.5) is 0 Å². The van der Waals surface area contributed by atoms with Gasteiger partial charge in [0.2, 0.25) is 0 Å². The fourth-order valence-electron chi connectivity index (χ4n) is 0.823. The van der Waals surface area contributed by atoms with Crippen LogP contribution in [0, 0.1) is 0 Å². The number of carbonyl (C=O) groups excluding carboxylic acids is 1. The van der Waals surface area contributed by atoms with E-state index < -0.39 is 0 Å². The van der Waals surface area contributed by atoms with Gasteiger partial charge in [-0.05, 0) is 0 Å². The van der Waals surface area contributed by atoms with Gasteiger partial charge in [-0.25, -0.2) is 4.79 Å². The van der Waals surface area contributed by atoms with Crippen LogP contribution in [-0.2, 0) is 14.3 Å². The summed E-state index contributed by atoms with van der Waals surface area (Å²) in [5, 5.41) is 0. The van der Waals surface area contributed by atoms with E-state index in [1.165, 1.54) is 7.11 Å². The average Bonchev–Trinajstić information content (AvgIpc) is 2.05. The lowest BCUT2D eigenvalue weighted by Crippen LogP contribution is -2.26. The first-order valence-electron chi connectivity index (χ1n) is 3.19. The van der Waals surface area contributed by atoms with Crippen molar-refractivity contribution < 1.29 is 14.3 Å². The van der Waals surface area contributed by atoms with Crippen LogP contribution in [0.15, 0.2) is 12.2 Å². The molecule has 1 atom stereocenters. The van der Waals surface area contributed by atoms with E-state index in [-0.39, 0.29) is 12.1 Å². The van der Waals surface area contributed by atoms with Gasteiger partial charge in [-0.15, -0.1) is 0 Å². The third kappa shape index (κ3) is 1.57. The quantitative estimate of drug-likeness (QED) is 0.395. The maximum atomic E-state index is 10.8. The molecule has 0 aromatic heterocycles. The van der Waals surface area contributed by atoms with Gasteiger partial charge < -0.3 is 9.47 Å². The highest BCUT2D eigenvalue weighted by atomic mass is 16.6. The van der Waals surface area contributed by atoms with Gasteiger partial charge >= 0.3 is 5.97 Å². The first-order chi connectivity index (χ1) is 4.84. The largest absolute Gasteiger partial charge is 0.467 e. The van der Waals surface area contributed by atoms with E-state index in [0.717, 1.165) is 0 Å². The van der Waals surface area contributed by atoms with Crippen molar-refractivity contribution in [3.8, 4) is 0 Å². The zero-order valence-corrected chi connectivity index (χ0v) is 5.87. The minimum Gasteiger partial charge on any atom is -0.467 e. The standard InChI is InChI=1S/C7H10O3/c1-9-7(8)6-4-2-3-5-10-6/h2-3,6H,4-5H2,1H3. The van der Waals surface area contributed by atoms with E-state index in [1.807, 2.05) is 12.2 Å². The fraction of sp³-hybridized carbons (Fsp3) is 0.571. The molecular formula is C7H10O3. The van der Waals surface area contributed by atoms with E-state index >= 15 is 0 Å². The van der Waals surface area contributed by atoms with Crippen molar-refractivity contribution in [1.82, 2.24) is 0 Å². The molecule has 1 rings (SSSR count). The highest BCUT2D eigenvalue weighted by molar-refractivity contribution is 5.74. The van der Waals surface area contributed by atoms with Crippen LogP contribution in [0.3, 0.4) is 0 Å².